The summed E-state index contributed by atoms with van der Waals surface area (Å²) in [4.78, 5) is 28.3. The molecule has 0 unspecified atom stereocenters. The maximum Gasteiger partial charge on any atom is 0.360 e. The molecule has 27 heavy (non-hydrogen) atoms. The minimum absolute atomic E-state index is 0.00600. The monoisotopic (exact) mass is 370 g/mol. The molecule has 0 fully saturated rings. The second-order valence-electron chi connectivity index (χ2n) is 5.35. The molecule has 10 nitrogen and oxygen atoms in total. The van der Waals surface area contributed by atoms with Gasteiger partial charge in [-0.25, -0.2) is 9.78 Å². The molecule has 1 amide bonds. The molecule has 3 aromatic rings. The Kier molecular flexibility index (Phi) is 5.15. The van der Waals surface area contributed by atoms with Crippen LogP contribution in [0.1, 0.15) is 34.8 Å². The predicted molar refractivity (Wildman–Crippen MR) is 96.7 cm³/mol. The van der Waals surface area contributed by atoms with Crippen molar-refractivity contribution in [1.82, 2.24) is 19.6 Å². The number of carbonyl (C=O) groups is 2. The zero-order valence-electron chi connectivity index (χ0n) is 14.8. The van der Waals surface area contributed by atoms with Crippen molar-refractivity contribution in [1.29, 1.82) is 0 Å². The Labute approximate surface area is 154 Å². The van der Waals surface area contributed by atoms with E-state index in [9.17, 15) is 9.59 Å². The van der Waals surface area contributed by atoms with Crippen LogP contribution in [0.15, 0.2) is 30.6 Å². The fourth-order valence-electron chi connectivity index (χ4n) is 2.37. The van der Waals surface area contributed by atoms with E-state index >= 15 is 0 Å². The topological polar surface area (TPSA) is 134 Å². The molecule has 10 heteroatoms. The molecule has 3 rings (SSSR count). The molecule has 0 saturated carbocycles. The van der Waals surface area contributed by atoms with Crippen molar-refractivity contribution in [3.05, 3.63) is 42.0 Å². The smallest absolute Gasteiger partial charge is 0.360 e. The Morgan fingerprint density at radius 2 is 1.85 bits per heavy atom. The molecule has 0 aliphatic rings. The van der Waals surface area contributed by atoms with Crippen LogP contribution in [-0.2, 0) is 4.74 Å². The number of ether oxygens (including phenoxy) is 2. The van der Waals surface area contributed by atoms with Crippen molar-refractivity contribution in [2.45, 2.75) is 13.8 Å². The molecule has 0 aliphatic carbocycles. The van der Waals surface area contributed by atoms with Crippen LogP contribution in [0.4, 0.5) is 11.5 Å². The number of esters is 1. The zero-order valence-corrected chi connectivity index (χ0v) is 14.8. The van der Waals surface area contributed by atoms with Crippen LogP contribution in [-0.4, -0.2) is 44.7 Å². The lowest BCUT2D eigenvalue weighted by Crippen LogP contribution is -2.19. The van der Waals surface area contributed by atoms with Gasteiger partial charge in [-0.1, -0.05) is 0 Å². The number of fused-ring (bicyclic) bond motifs is 1. The number of rotatable bonds is 6. The third-order valence-corrected chi connectivity index (χ3v) is 3.60. The Morgan fingerprint density at radius 1 is 1.11 bits per heavy atom. The minimum Gasteiger partial charge on any atom is -0.494 e. The fraction of sp³-hybridized carbons (Fsp3) is 0.235. The Bertz CT molecular complexity index is 983. The summed E-state index contributed by atoms with van der Waals surface area (Å²) < 4.78 is 11.6. The second-order valence-corrected chi connectivity index (χ2v) is 5.35. The lowest BCUT2D eigenvalue weighted by atomic mass is 10.3. The number of nitrogens with one attached hydrogen (secondary N) is 1. The van der Waals surface area contributed by atoms with Crippen molar-refractivity contribution in [2.75, 3.05) is 24.3 Å². The Balaban J connectivity index is 1.84. The summed E-state index contributed by atoms with van der Waals surface area (Å²) in [5.74, 6) is -0.481. The maximum absolute atomic E-state index is 12.5. The van der Waals surface area contributed by atoms with Gasteiger partial charge in [0.1, 0.15) is 17.9 Å². The normalized spacial score (nSPS) is 10.6. The highest BCUT2D eigenvalue weighted by Crippen LogP contribution is 2.18. The summed E-state index contributed by atoms with van der Waals surface area (Å²) >= 11 is 0. The lowest BCUT2D eigenvalue weighted by molar-refractivity contribution is 0.0522. The van der Waals surface area contributed by atoms with Crippen LogP contribution in [0.5, 0.6) is 5.75 Å². The second kappa shape index (κ2) is 7.68. The van der Waals surface area contributed by atoms with Crippen LogP contribution in [0.2, 0.25) is 0 Å². The highest BCUT2D eigenvalue weighted by molar-refractivity contribution is 6.06. The number of imidazole rings is 1. The third-order valence-electron chi connectivity index (χ3n) is 3.60. The van der Waals surface area contributed by atoms with E-state index in [2.05, 4.69) is 20.5 Å². The number of hydrogen-bond donors (Lipinski definition) is 2. The highest BCUT2D eigenvalue weighted by atomic mass is 16.5. The lowest BCUT2D eigenvalue weighted by Gasteiger charge is -2.08. The van der Waals surface area contributed by atoms with Crippen molar-refractivity contribution >= 4 is 29.0 Å². The molecule has 1 aromatic carbocycles. The SMILES string of the molecule is CCOC(=O)c1ncn2c(N)c(C(=O)Nc3ccc(OCC)cc3)nnc12. The van der Waals surface area contributed by atoms with Crippen molar-refractivity contribution in [3.8, 4) is 5.75 Å². The van der Waals surface area contributed by atoms with Crippen molar-refractivity contribution in [3.63, 3.8) is 0 Å². The number of nitrogen functional groups attached to an aromatic ring is 1. The number of anilines is 2. The van der Waals surface area contributed by atoms with Crippen LogP contribution < -0.4 is 15.8 Å². The zero-order chi connectivity index (χ0) is 19.4. The van der Waals surface area contributed by atoms with E-state index in [1.807, 2.05) is 6.92 Å². The Hall–Kier alpha value is -3.69. The van der Waals surface area contributed by atoms with Gasteiger partial charge in [0.15, 0.2) is 17.0 Å². The van der Waals surface area contributed by atoms with Crippen molar-refractivity contribution < 1.29 is 19.1 Å². The summed E-state index contributed by atoms with van der Waals surface area (Å²) in [5, 5.41) is 10.4. The molecule has 0 bridgehead atoms. The molecule has 2 aromatic heterocycles. The van der Waals surface area contributed by atoms with Crippen LogP contribution in [0.3, 0.4) is 0 Å². The van der Waals surface area contributed by atoms with E-state index in [4.69, 9.17) is 15.2 Å². The van der Waals surface area contributed by atoms with Gasteiger partial charge in [-0.3, -0.25) is 9.20 Å². The first-order chi connectivity index (χ1) is 13.0. The number of aromatic nitrogens is 4. The number of carbonyl (C=O) groups excluding carboxylic acids is 2. The minimum atomic E-state index is -0.639. The average molecular weight is 370 g/mol. The molecule has 0 spiro atoms. The van der Waals surface area contributed by atoms with Crippen LogP contribution >= 0.6 is 0 Å². The van der Waals surface area contributed by atoms with Gasteiger partial charge in [0, 0.05) is 5.69 Å². The van der Waals surface area contributed by atoms with E-state index < -0.39 is 11.9 Å². The third kappa shape index (κ3) is 3.64. The molecule has 0 saturated heterocycles. The molecule has 140 valence electrons. The summed E-state index contributed by atoms with van der Waals surface area (Å²) in [6.45, 7) is 4.32. The first kappa shape index (κ1) is 18.1. The number of hydrogen-bond acceptors (Lipinski definition) is 8. The molecule has 3 N–H and O–H groups in total. The summed E-state index contributed by atoms with van der Waals surface area (Å²) in [5.41, 5.74) is 6.56. The average Bonchev–Trinajstić information content (AvgIpc) is 3.09. The van der Waals surface area contributed by atoms with Crippen LogP contribution in [0.25, 0.3) is 5.65 Å². The largest absolute Gasteiger partial charge is 0.494 e. The quantitative estimate of drug-likeness (QED) is 0.624. The van der Waals surface area contributed by atoms with E-state index in [-0.39, 0.29) is 29.5 Å². The summed E-state index contributed by atoms with van der Waals surface area (Å²) in [6.07, 6.45) is 1.29. The molecule has 2 heterocycles. The van der Waals surface area contributed by atoms with Gasteiger partial charge in [0.2, 0.25) is 0 Å². The number of nitrogens with two attached hydrogens (primary N) is 1. The van der Waals surface area contributed by atoms with Gasteiger partial charge in [-0.05, 0) is 38.1 Å². The fourth-order valence-corrected chi connectivity index (χ4v) is 2.37. The van der Waals surface area contributed by atoms with Gasteiger partial charge in [0.25, 0.3) is 5.91 Å². The maximum atomic E-state index is 12.5. The molecule has 0 radical (unpaired) electrons. The van der Waals surface area contributed by atoms with E-state index in [0.717, 1.165) is 0 Å². The summed E-state index contributed by atoms with van der Waals surface area (Å²) in [7, 11) is 0. The van der Waals surface area contributed by atoms with Crippen molar-refractivity contribution in [2.24, 2.45) is 0 Å². The number of nitrogens with zero attached hydrogens (tertiary/aromatic N) is 4. The molecular formula is C17H18N6O4. The molecule has 0 aliphatic heterocycles. The standard InChI is InChI=1S/C17H18N6O4/c1-3-26-11-7-5-10(6-8-11)20-16(24)12-14(18)23-9-19-13(15(23)22-21-12)17(25)27-4-2/h5-9H,3-4,18H2,1-2H3,(H,20,24). The van der Waals surface area contributed by atoms with Crippen LogP contribution in [0, 0.1) is 0 Å². The van der Waals surface area contributed by atoms with Gasteiger partial charge >= 0.3 is 5.97 Å². The van der Waals surface area contributed by atoms with Gasteiger partial charge in [-0.2, -0.15) is 0 Å². The summed E-state index contributed by atoms with van der Waals surface area (Å²) in [6, 6.07) is 6.86. The first-order valence-corrected chi connectivity index (χ1v) is 8.25. The highest BCUT2D eigenvalue weighted by Gasteiger charge is 2.21. The van der Waals surface area contributed by atoms with Gasteiger partial charge in [-0.15, -0.1) is 10.2 Å². The molecular weight excluding hydrogens is 352 g/mol. The molecule has 0 atom stereocenters. The Morgan fingerprint density at radius 3 is 2.52 bits per heavy atom. The van der Waals surface area contributed by atoms with Gasteiger partial charge in [0.05, 0.1) is 13.2 Å². The van der Waals surface area contributed by atoms with E-state index in [1.54, 1.807) is 31.2 Å². The predicted octanol–water partition coefficient (Wildman–Crippen LogP) is 1.53. The van der Waals surface area contributed by atoms with E-state index in [1.165, 1.54) is 10.7 Å². The van der Waals surface area contributed by atoms with E-state index in [0.29, 0.717) is 18.0 Å². The first-order valence-electron chi connectivity index (χ1n) is 8.25. The van der Waals surface area contributed by atoms with Gasteiger partial charge < -0.3 is 20.5 Å². The number of amides is 1. The number of benzene rings is 1.